The van der Waals surface area contributed by atoms with Gasteiger partial charge in [0.1, 0.15) is 17.0 Å². The maximum atomic E-state index is 9.47. The Hall–Kier alpha value is -2.02. The van der Waals surface area contributed by atoms with Gasteiger partial charge in [0, 0.05) is 43.2 Å². The van der Waals surface area contributed by atoms with Gasteiger partial charge in [-0.3, -0.25) is 0 Å². The Morgan fingerprint density at radius 3 is 2.72 bits per heavy atom. The Balaban J connectivity index is 1.72. The monoisotopic (exact) mass is 355 g/mol. The molecule has 0 amide bonds. The van der Waals surface area contributed by atoms with Crippen LogP contribution in [0.2, 0.25) is 0 Å². The van der Waals surface area contributed by atoms with E-state index in [4.69, 9.17) is 0 Å². The molecule has 1 atom stereocenters. The third-order valence-electron chi connectivity index (χ3n) is 5.09. The summed E-state index contributed by atoms with van der Waals surface area (Å²) in [7, 11) is 0. The first-order chi connectivity index (χ1) is 12.3. The molecule has 1 unspecified atom stereocenters. The van der Waals surface area contributed by atoms with E-state index in [-0.39, 0.29) is 19.1 Å². The summed E-state index contributed by atoms with van der Waals surface area (Å²) in [6, 6.07) is 10.3. The molecule has 2 N–H and O–H groups in total. The van der Waals surface area contributed by atoms with Gasteiger partial charge in [0.15, 0.2) is 0 Å². The van der Waals surface area contributed by atoms with Crippen molar-refractivity contribution in [3.8, 4) is 11.1 Å². The molecule has 0 spiro atoms. The number of aromatic nitrogens is 2. The number of benzene rings is 1. The third kappa shape index (κ3) is 3.01. The fourth-order valence-electron chi connectivity index (χ4n) is 3.65. The number of nitrogens with zero attached hydrogens (tertiary/aromatic N) is 3. The average molecular weight is 355 g/mol. The van der Waals surface area contributed by atoms with E-state index in [1.807, 2.05) is 18.2 Å². The first-order valence-electron chi connectivity index (χ1n) is 8.56. The van der Waals surface area contributed by atoms with Crippen LogP contribution in [0, 0.1) is 11.8 Å². The molecule has 1 fully saturated rings. The quantitative estimate of drug-likeness (QED) is 0.736. The fraction of sp³-hybridized carbons (Fsp3) is 0.368. The lowest BCUT2D eigenvalue weighted by Crippen LogP contribution is -2.27. The highest BCUT2D eigenvalue weighted by Gasteiger charge is 2.31. The van der Waals surface area contributed by atoms with Crippen LogP contribution in [-0.2, 0) is 0 Å². The zero-order valence-corrected chi connectivity index (χ0v) is 14.7. The Morgan fingerprint density at radius 2 is 1.96 bits per heavy atom. The van der Waals surface area contributed by atoms with Crippen molar-refractivity contribution in [2.24, 2.45) is 11.8 Å². The molecule has 3 aromatic rings. The minimum atomic E-state index is -0.0570. The SMILES string of the molecule is OCC(CO)C1CCN(c2ncnc3scc(-c4ccccc4)c23)C1. The molecular weight excluding hydrogens is 334 g/mol. The molecule has 2 aromatic heterocycles. The zero-order chi connectivity index (χ0) is 17.2. The van der Waals surface area contributed by atoms with E-state index in [1.165, 1.54) is 11.1 Å². The van der Waals surface area contributed by atoms with Crippen molar-refractivity contribution in [1.82, 2.24) is 9.97 Å². The molecule has 1 aliphatic heterocycles. The van der Waals surface area contributed by atoms with Crippen molar-refractivity contribution in [1.29, 1.82) is 0 Å². The number of hydrogen-bond donors (Lipinski definition) is 2. The van der Waals surface area contributed by atoms with Crippen LogP contribution in [0.15, 0.2) is 42.0 Å². The number of thiophene rings is 1. The van der Waals surface area contributed by atoms with Gasteiger partial charge in [0.05, 0.1) is 5.39 Å². The van der Waals surface area contributed by atoms with Crippen LogP contribution in [0.4, 0.5) is 5.82 Å². The average Bonchev–Trinajstić information content (AvgIpc) is 3.31. The van der Waals surface area contributed by atoms with Crippen molar-refractivity contribution >= 4 is 27.4 Å². The largest absolute Gasteiger partial charge is 0.396 e. The highest BCUT2D eigenvalue weighted by atomic mass is 32.1. The molecule has 1 saturated heterocycles. The molecule has 3 heterocycles. The molecule has 5 nitrogen and oxygen atoms in total. The summed E-state index contributed by atoms with van der Waals surface area (Å²) in [5, 5.41) is 22.2. The van der Waals surface area contributed by atoms with Gasteiger partial charge in [-0.15, -0.1) is 11.3 Å². The van der Waals surface area contributed by atoms with E-state index in [1.54, 1.807) is 17.7 Å². The summed E-state index contributed by atoms with van der Waals surface area (Å²) in [6.45, 7) is 1.75. The van der Waals surface area contributed by atoms with Crippen LogP contribution in [0.5, 0.6) is 0 Å². The van der Waals surface area contributed by atoms with Crippen LogP contribution < -0.4 is 4.90 Å². The smallest absolute Gasteiger partial charge is 0.141 e. The molecule has 0 aliphatic carbocycles. The minimum absolute atomic E-state index is 0.0297. The molecule has 1 aromatic carbocycles. The molecule has 6 heteroatoms. The maximum Gasteiger partial charge on any atom is 0.141 e. The topological polar surface area (TPSA) is 69.5 Å². The zero-order valence-electron chi connectivity index (χ0n) is 13.9. The van der Waals surface area contributed by atoms with Crippen molar-refractivity contribution in [3.05, 3.63) is 42.0 Å². The van der Waals surface area contributed by atoms with E-state index in [0.29, 0.717) is 5.92 Å². The van der Waals surface area contributed by atoms with Crippen molar-refractivity contribution in [3.63, 3.8) is 0 Å². The number of rotatable bonds is 5. The second kappa shape index (κ2) is 7.07. The molecule has 0 radical (unpaired) electrons. The Labute approximate surface area is 150 Å². The first kappa shape index (κ1) is 16.4. The lowest BCUT2D eigenvalue weighted by atomic mass is 9.93. The molecule has 130 valence electrons. The van der Waals surface area contributed by atoms with E-state index in [2.05, 4.69) is 32.4 Å². The second-order valence-corrected chi connectivity index (χ2v) is 7.37. The van der Waals surface area contributed by atoms with Crippen LogP contribution in [0.25, 0.3) is 21.3 Å². The number of aliphatic hydroxyl groups excluding tert-OH is 2. The van der Waals surface area contributed by atoms with Gasteiger partial charge >= 0.3 is 0 Å². The van der Waals surface area contributed by atoms with Crippen LogP contribution >= 0.6 is 11.3 Å². The normalized spacial score (nSPS) is 17.7. The summed E-state index contributed by atoms with van der Waals surface area (Å²) < 4.78 is 0. The number of fused-ring (bicyclic) bond motifs is 1. The summed E-state index contributed by atoms with van der Waals surface area (Å²) >= 11 is 1.64. The maximum absolute atomic E-state index is 9.47. The number of hydrogen-bond acceptors (Lipinski definition) is 6. The van der Waals surface area contributed by atoms with E-state index in [0.717, 1.165) is 35.5 Å². The van der Waals surface area contributed by atoms with Crippen LogP contribution in [0.3, 0.4) is 0 Å². The number of anilines is 1. The minimum Gasteiger partial charge on any atom is -0.396 e. The molecule has 4 rings (SSSR count). The van der Waals surface area contributed by atoms with Crippen LogP contribution in [0.1, 0.15) is 6.42 Å². The standard InChI is InChI=1S/C19H21N3O2S/c23-9-15(10-24)14-6-7-22(8-14)18-17-16(13-4-2-1-3-5-13)11-25-19(17)21-12-20-18/h1-5,11-12,14-15,23-24H,6-10H2. The summed E-state index contributed by atoms with van der Waals surface area (Å²) in [5.74, 6) is 1.19. The van der Waals surface area contributed by atoms with E-state index in [9.17, 15) is 10.2 Å². The predicted octanol–water partition coefficient (Wildman–Crippen LogP) is 2.79. The molecule has 0 saturated carbocycles. The van der Waals surface area contributed by atoms with Gasteiger partial charge in [-0.05, 0) is 17.9 Å². The Kier molecular flexibility index (Phi) is 4.65. The van der Waals surface area contributed by atoms with Gasteiger partial charge in [0.25, 0.3) is 0 Å². The van der Waals surface area contributed by atoms with Gasteiger partial charge in [-0.25, -0.2) is 9.97 Å². The highest BCUT2D eigenvalue weighted by molar-refractivity contribution is 7.17. The summed E-state index contributed by atoms with van der Waals surface area (Å²) in [6.07, 6.45) is 2.59. The highest BCUT2D eigenvalue weighted by Crippen LogP contribution is 2.39. The summed E-state index contributed by atoms with van der Waals surface area (Å²) in [4.78, 5) is 12.3. The lowest BCUT2D eigenvalue weighted by molar-refractivity contribution is 0.113. The van der Waals surface area contributed by atoms with Gasteiger partial charge in [-0.1, -0.05) is 30.3 Å². The first-order valence-corrected chi connectivity index (χ1v) is 9.44. The third-order valence-corrected chi connectivity index (χ3v) is 5.98. The predicted molar refractivity (Wildman–Crippen MR) is 101 cm³/mol. The van der Waals surface area contributed by atoms with Crippen molar-refractivity contribution < 1.29 is 10.2 Å². The Morgan fingerprint density at radius 1 is 1.16 bits per heavy atom. The van der Waals surface area contributed by atoms with Crippen molar-refractivity contribution in [2.75, 3.05) is 31.2 Å². The van der Waals surface area contributed by atoms with E-state index < -0.39 is 0 Å². The number of aliphatic hydroxyl groups is 2. The molecule has 0 bridgehead atoms. The van der Waals surface area contributed by atoms with Crippen LogP contribution in [-0.4, -0.2) is 46.5 Å². The van der Waals surface area contributed by atoms with E-state index >= 15 is 0 Å². The molecular formula is C19H21N3O2S. The Bertz CT molecular complexity index is 848. The molecule has 25 heavy (non-hydrogen) atoms. The fourth-order valence-corrected chi connectivity index (χ4v) is 4.56. The van der Waals surface area contributed by atoms with Gasteiger partial charge in [0.2, 0.25) is 0 Å². The van der Waals surface area contributed by atoms with Gasteiger partial charge in [-0.2, -0.15) is 0 Å². The van der Waals surface area contributed by atoms with Crippen molar-refractivity contribution in [2.45, 2.75) is 6.42 Å². The lowest BCUT2D eigenvalue weighted by Gasteiger charge is -2.21. The molecule has 1 aliphatic rings. The van der Waals surface area contributed by atoms with Gasteiger partial charge < -0.3 is 15.1 Å². The second-order valence-electron chi connectivity index (χ2n) is 6.51. The summed E-state index contributed by atoms with van der Waals surface area (Å²) in [5.41, 5.74) is 2.34.